The van der Waals surface area contributed by atoms with Gasteiger partial charge >= 0.3 is 0 Å². The number of hydrogen-bond donors (Lipinski definition) is 1. The third kappa shape index (κ3) is 6.13. The summed E-state index contributed by atoms with van der Waals surface area (Å²) in [6.45, 7) is 2.91. The molecule has 8 aromatic rings. The van der Waals surface area contributed by atoms with Gasteiger partial charge in [-0.2, -0.15) is 5.10 Å². The molecule has 1 aliphatic rings. The predicted molar refractivity (Wildman–Crippen MR) is 207 cm³/mol. The second-order valence-electron chi connectivity index (χ2n) is 13.8. The number of rotatable bonds is 9. The van der Waals surface area contributed by atoms with Gasteiger partial charge in [-0.15, -0.1) is 0 Å². The standard InChI is InChI=1S/C44H33F3N6O3/c1-25(42-36(28-14-8-15-30(45)20-28)41(54)37-32(46)16-9-17-35(37)56-42)53-44-38(43(48)49-24-50-44)39(51-53)29-18-19-34(33(47)21-29)55-31-22-52(23-31)40(26-10-4-2-5-11-26)27-12-6-3-7-13-27/h2-21,24-25,31,40H,22-23H2,1H3,(H2,48,49,50). The van der Waals surface area contributed by atoms with Crippen LogP contribution in [0, 0.1) is 17.5 Å². The van der Waals surface area contributed by atoms with E-state index in [4.69, 9.17) is 20.0 Å². The highest BCUT2D eigenvalue weighted by Crippen LogP contribution is 2.39. The van der Waals surface area contributed by atoms with E-state index in [0.29, 0.717) is 24.0 Å². The number of nitrogens with zero attached hydrogens (tertiary/aromatic N) is 5. The van der Waals surface area contributed by atoms with Gasteiger partial charge in [0.05, 0.1) is 17.0 Å². The average Bonchev–Trinajstić information content (AvgIpc) is 3.59. The summed E-state index contributed by atoms with van der Waals surface area (Å²) in [6, 6.07) is 33.7. The molecule has 0 amide bonds. The number of nitrogens with two attached hydrogens (primary N) is 1. The van der Waals surface area contributed by atoms with Gasteiger partial charge in [0.15, 0.2) is 17.2 Å². The Labute approximate surface area is 318 Å². The van der Waals surface area contributed by atoms with E-state index >= 15 is 8.78 Å². The Kier molecular flexibility index (Phi) is 8.82. The molecule has 4 heterocycles. The fourth-order valence-electron chi connectivity index (χ4n) is 7.57. The first-order valence-electron chi connectivity index (χ1n) is 18.1. The summed E-state index contributed by atoms with van der Waals surface area (Å²) in [5, 5.41) is 4.91. The Morgan fingerprint density at radius 2 is 1.50 bits per heavy atom. The largest absolute Gasteiger partial charge is 0.485 e. The maximum atomic E-state index is 15.9. The van der Waals surface area contributed by atoms with Gasteiger partial charge in [-0.3, -0.25) is 9.69 Å². The van der Waals surface area contributed by atoms with Crippen LogP contribution in [0.3, 0.4) is 0 Å². The number of fused-ring (bicyclic) bond motifs is 2. The highest BCUT2D eigenvalue weighted by atomic mass is 19.1. The van der Waals surface area contributed by atoms with Crippen molar-refractivity contribution in [3.63, 3.8) is 0 Å². The number of benzene rings is 5. The topological polar surface area (TPSA) is 112 Å². The molecule has 9 rings (SSSR count). The van der Waals surface area contributed by atoms with Gasteiger partial charge in [-0.05, 0) is 66.1 Å². The number of hydrogen-bond acceptors (Lipinski definition) is 8. The maximum Gasteiger partial charge on any atom is 0.203 e. The molecule has 5 aromatic carbocycles. The van der Waals surface area contributed by atoms with E-state index in [0.717, 1.165) is 6.07 Å². The van der Waals surface area contributed by atoms with Crippen LogP contribution in [0.15, 0.2) is 137 Å². The predicted octanol–water partition coefficient (Wildman–Crippen LogP) is 8.73. The van der Waals surface area contributed by atoms with E-state index in [1.165, 1.54) is 58.5 Å². The minimum atomic E-state index is -0.871. The number of anilines is 1. The Balaban J connectivity index is 1.04. The Hall–Kier alpha value is -6.79. The van der Waals surface area contributed by atoms with Gasteiger partial charge in [0.1, 0.15) is 58.3 Å². The highest BCUT2D eigenvalue weighted by molar-refractivity contribution is 5.98. The molecule has 0 spiro atoms. The van der Waals surface area contributed by atoms with Crippen molar-refractivity contribution >= 4 is 27.8 Å². The van der Waals surface area contributed by atoms with Crippen molar-refractivity contribution in [1.29, 1.82) is 0 Å². The molecule has 0 bridgehead atoms. The van der Waals surface area contributed by atoms with Crippen molar-refractivity contribution in [3.8, 4) is 28.1 Å². The van der Waals surface area contributed by atoms with Crippen molar-refractivity contribution in [2.24, 2.45) is 0 Å². The van der Waals surface area contributed by atoms with Crippen molar-refractivity contribution in [2.45, 2.75) is 25.1 Å². The summed E-state index contributed by atoms with van der Waals surface area (Å²) >= 11 is 0. The molecular formula is C44H33F3N6O3. The molecule has 9 nitrogen and oxygen atoms in total. The van der Waals surface area contributed by atoms with Gasteiger partial charge in [-0.25, -0.2) is 27.8 Å². The molecule has 1 atom stereocenters. The first kappa shape index (κ1) is 34.9. The van der Waals surface area contributed by atoms with Crippen LogP contribution in [-0.2, 0) is 0 Å². The molecule has 1 saturated heterocycles. The highest BCUT2D eigenvalue weighted by Gasteiger charge is 2.36. The van der Waals surface area contributed by atoms with E-state index < -0.39 is 28.9 Å². The zero-order valence-electron chi connectivity index (χ0n) is 29.9. The monoisotopic (exact) mass is 750 g/mol. The molecule has 12 heteroatoms. The Morgan fingerprint density at radius 1 is 0.786 bits per heavy atom. The van der Waals surface area contributed by atoms with Crippen LogP contribution in [-0.4, -0.2) is 43.8 Å². The second-order valence-corrected chi connectivity index (χ2v) is 13.8. The maximum absolute atomic E-state index is 15.9. The van der Waals surface area contributed by atoms with Crippen molar-refractivity contribution in [3.05, 3.63) is 172 Å². The lowest BCUT2D eigenvalue weighted by Crippen LogP contribution is -2.55. The fourth-order valence-corrected chi connectivity index (χ4v) is 7.57. The quantitative estimate of drug-likeness (QED) is 0.156. The van der Waals surface area contributed by atoms with E-state index in [-0.39, 0.29) is 62.9 Å². The molecule has 278 valence electrons. The minimum Gasteiger partial charge on any atom is -0.485 e. The van der Waals surface area contributed by atoms with Crippen molar-refractivity contribution in [1.82, 2.24) is 24.6 Å². The fraction of sp³-hybridized carbons (Fsp3) is 0.136. The molecule has 2 N–H and O–H groups in total. The summed E-state index contributed by atoms with van der Waals surface area (Å²) in [5.74, 6) is -1.68. The summed E-state index contributed by atoms with van der Waals surface area (Å²) in [6.07, 6.45) is 1.04. The van der Waals surface area contributed by atoms with Crippen LogP contribution in [0.1, 0.15) is 35.9 Å². The van der Waals surface area contributed by atoms with Crippen LogP contribution in [0.4, 0.5) is 19.0 Å². The normalized spacial score (nSPS) is 14.0. The molecule has 0 radical (unpaired) electrons. The SMILES string of the molecule is CC(c1oc2cccc(F)c2c(=O)c1-c1cccc(F)c1)n1nc(-c2ccc(OC3CN(C(c4ccccc4)c4ccccc4)C3)c(F)c2)c2c(N)ncnc21. The Morgan fingerprint density at radius 3 is 2.20 bits per heavy atom. The number of aromatic nitrogens is 4. The molecule has 3 aromatic heterocycles. The zero-order valence-corrected chi connectivity index (χ0v) is 29.9. The van der Waals surface area contributed by atoms with Crippen molar-refractivity contribution < 1.29 is 22.3 Å². The van der Waals surface area contributed by atoms with Crippen LogP contribution < -0.4 is 15.9 Å². The van der Waals surface area contributed by atoms with Crippen molar-refractivity contribution in [2.75, 3.05) is 18.8 Å². The molecule has 1 unspecified atom stereocenters. The first-order valence-corrected chi connectivity index (χ1v) is 18.1. The third-order valence-electron chi connectivity index (χ3n) is 10.2. The number of nitrogen functional groups attached to an aromatic ring is 1. The number of ether oxygens (including phenoxy) is 1. The number of likely N-dealkylation sites (tertiary alicyclic amines) is 1. The smallest absolute Gasteiger partial charge is 0.203 e. The summed E-state index contributed by atoms with van der Waals surface area (Å²) in [4.78, 5) is 24.9. The van der Waals surface area contributed by atoms with Crippen LogP contribution in [0.5, 0.6) is 5.75 Å². The van der Waals surface area contributed by atoms with E-state index in [1.54, 1.807) is 25.1 Å². The summed E-state index contributed by atoms with van der Waals surface area (Å²) in [5.41, 5.74) is 9.14. The Bertz CT molecular complexity index is 2770. The average molecular weight is 751 g/mol. The number of halogens is 3. The minimum absolute atomic E-state index is 0.00530. The second kappa shape index (κ2) is 14.1. The molecule has 1 fully saturated rings. The van der Waals surface area contributed by atoms with E-state index in [1.807, 2.05) is 36.4 Å². The molecule has 56 heavy (non-hydrogen) atoms. The lowest BCUT2D eigenvalue weighted by molar-refractivity contribution is -0.00167. The van der Waals surface area contributed by atoms with Gasteiger partial charge in [0.25, 0.3) is 0 Å². The van der Waals surface area contributed by atoms with E-state index in [9.17, 15) is 9.18 Å². The van der Waals surface area contributed by atoms with Gasteiger partial charge in [0.2, 0.25) is 5.43 Å². The molecule has 1 aliphatic heterocycles. The summed E-state index contributed by atoms with van der Waals surface area (Å²) < 4.78 is 59.4. The molecular weight excluding hydrogens is 718 g/mol. The van der Waals surface area contributed by atoms with Crippen LogP contribution in [0.2, 0.25) is 0 Å². The summed E-state index contributed by atoms with van der Waals surface area (Å²) in [7, 11) is 0. The third-order valence-corrected chi connectivity index (χ3v) is 10.2. The lowest BCUT2D eigenvalue weighted by Gasteiger charge is -2.44. The van der Waals surface area contributed by atoms with Crippen LogP contribution in [0.25, 0.3) is 44.4 Å². The molecule has 0 aliphatic carbocycles. The lowest BCUT2D eigenvalue weighted by atomic mass is 9.94. The molecule has 0 saturated carbocycles. The van der Waals surface area contributed by atoms with Gasteiger partial charge < -0.3 is 14.9 Å². The van der Waals surface area contributed by atoms with Gasteiger partial charge in [0, 0.05) is 18.7 Å². The van der Waals surface area contributed by atoms with Crippen LogP contribution >= 0.6 is 0 Å². The first-order chi connectivity index (χ1) is 27.2. The van der Waals surface area contributed by atoms with E-state index in [2.05, 4.69) is 39.1 Å². The van der Waals surface area contributed by atoms with Gasteiger partial charge in [-0.1, -0.05) is 78.9 Å². The zero-order chi connectivity index (χ0) is 38.5.